The smallest absolute Gasteiger partial charge is 0.0972 e. The molecule has 0 aromatic heterocycles. The van der Waals surface area contributed by atoms with E-state index in [2.05, 4.69) is 0 Å². The standard InChI is InChI=1S/C11H17NO/c1-3-13-11(9(2)12)10-7-5-4-6-8-10/h4-9,11H,3,12H2,1-2H3/t9-,11?/m0/s1. The first-order valence-corrected chi connectivity index (χ1v) is 4.67. The molecule has 13 heavy (non-hydrogen) atoms. The van der Waals surface area contributed by atoms with Gasteiger partial charge in [0.25, 0.3) is 0 Å². The summed E-state index contributed by atoms with van der Waals surface area (Å²) in [5.74, 6) is 0. The summed E-state index contributed by atoms with van der Waals surface area (Å²) >= 11 is 0. The van der Waals surface area contributed by atoms with Crippen LogP contribution in [0.15, 0.2) is 30.3 Å². The highest BCUT2D eigenvalue weighted by atomic mass is 16.5. The lowest BCUT2D eigenvalue weighted by Crippen LogP contribution is -2.26. The topological polar surface area (TPSA) is 35.2 Å². The predicted octanol–water partition coefficient (Wildman–Crippen LogP) is 2.11. The van der Waals surface area contributed by atoms with E-state index in [4.69, 9.17) is 10.5 Å². The van der Waals surface area contributed by atoms with Crippen LogP contribution >= 0.6 is 0 Å². The van der Waals surface area contributed by atoms with Gasteiger partial charge in [-0.15, -0.1) is 0 Å². The zero-order valence-corrected chi connectivity index (χ0v) is 8.23. The lowest BCUT2D eigenvalue weighted by molar-refractivity contribution is 0.0475. The van der Waals surface area contributed by atoms with E-state index in [1.807, 2.05) is 44.2 Å². The van der Waals surface area contributed by atoms with Crippen molar-refractivity contribution in [1.29, 1.82) is 0 Å². The normalized spacial score (nSPS) is 15.3. The van der Waals surface area contributed by atoms with Gasteiger partial charge in [-0.3, -0.25) is 0 Å². The summed E-state index contributed by atoms with van der Waals surface area (Å²) in [5, 5.41) is 0. The molecule has 0 spiro atoms. The van der Waals surface area contributed by atoms with Gasteiger partial charge in [-0.25, -0.2) is 0 Å². The first-order valence-electron chi connectivity index (χ1n) is 4.67. The summed E-state index contributed by atoms with van der Waals surface area (Å²) in [5.41, 5.74) is 6.98. The Morgan fingerprint density at radius 2 is 1.92 bits per heavy atom. The molecule has 2 atom stereocenters. The molecular weight excluding hydrogens is 162 g/mol. The zero-order valence-electron chi connectivity index (χ0n) is 8.23. The first kappa shape index (κ1) is 10.2. The number of ether oxygens (including phenoxy) is 1. The minimum Gasteiger partial charge on any atom is -0.372 e. The highest BCUT2D eigenvalue weighted by Gasteiger charge is 2.14. The summed E-state index contributed by atoms with van der Waals surface area (Å²) in [4.78, 5) is 0. The number of hydrogen-bond acceptors (Lipinski definition) is 2. The Labute approximate surface area is 79.7 Å². The molecule has 0 aliphatic heterocycles. The van der Waals surface area contributed by atoms with Crippen LogP contribution in [0.3, 0.4) is 0 Å². The van der Waals surface area contributed by atoms with E-state index >= 15 is 0 Å². The summed E-state index contributed by atoms with van der Waals surface area (Å²) in [6, 6.07) is 10.1. The molecule has 2 N–H and O–H groups in total. The maximum absolute atomic E-state index is 5.83. The van der Waals surface area contributed by atoms with Crippen LogP contribution < -0.4 is 5.73 Å². The fourth-order valence-corrected chi connectivity index (χ4v) is 1.37. The van der Waals surface area contributed by atoms with Crippen molar-refractivity contribution in [2.24, 2.45) is 5.73 Å². The molecule has 0 amide bonds. The van der Waals surface area contributed by atoms with E-state index in [9.17, 15) is 0 Å². The van der Waals surface area contributed by atoms with Crippen molar-refractivity contribution in [3.63, 3.8) is 0 Å². The van der Waals surface area contributed by atoms with Crippen molar-refractivity contribution in [2.45, 2.75) is 26.0 Å². The Hall–Kier alpha value is -0.860. The molecule has 0 heterocycles. The summed E-state index contributed by atoms with van der Waals surface area (Å²) in [7, 11) is 0. The maximum atomic E-state index is 5.83. The molecule has 0 radical (unpaired) electrons. The third-order valence-corrected chi connectivity index (χ3v) is 1.95. The Morgan fingerprint density at radius 3 is 2.38 bits per heavy atom. The van der Waals surface area contributed by atoms with E-state index in [0.717, 1.165) is 5.56 Å². The van der Waals surface area contributed by atoms with Crippen LogP contribution in [0.5, 0.6) is 0 Å². The second-order valence-corrected chi connectivity index (χ2v) is 3.15. The molecule has 0 fully saturated rings. The molecule has 1 aromatic carbocycles. The molecule has 2 heteroatoms. The zero-order chi connectivity index (χ0) is 9.68. The predicted molar refractivity (Wildman–Crippen MR) is 54.5 cm³/mol. The Bertz CT molecular complexity index is 233. The van der Waals surface area contributed by atoms with Crippen LogP contribution in [-0.4, -0.2) is 12.6 Å². The average molecular weight is 179 g/mol. The van der Waals surface area contributed by atoms with Crippen molar-refractivity contribution >= 4 is 0 Å². The van der Waals surface area contributed by atoms with Crippen LogP contribution in [0.25, 0.3) is 0 Å². The van der Waals surface area contributed by atoms with Gasteiger partial charge in [0.2, 0.25) is 0 Å². The molecule has 0 saturated heterocycles. The third-order valence-electron chi connectivity index (χ3n) is 1.95. The summed E-state index contributed by atoms with van der Waals surface area (Å²) in [6.45, 7) is 4.65. The molecule has 1 unspecified atom stereocenters. The van der Waals surface area contributed by atoms with Gasteiger partial charge in [0.1, 0.15) is 0 Å². The number of hydrogen-bond donors (Lipinski definition) is 1. The van der Waals surface area contributed by atoms with Crippen LogP contribution in [0, 0.1) is 0 Å². The van der Waals surface area contributed by atoms with Crippen molar-refractivity contribution in [1.82, 2.24) is 0 Å². The van der Waals surface area contributed by atoms with Gasteiger partial charge in [-0.05, 0) is 19.4 Å². The Morgan fingerprint density at radius 1 is 1.31 bits per heavy atom. The van der Waals surface area contributed by atoms with Gasteiger partial charge in [-0.2, -0.15) is 0 Å². The second kappa shape index (κ2) is 5.00. The largest absolute Gasteiger partial charge is 0.372 e. The molecule has 1 rings (SSSR count). The summed E-state index contributed by atoms with van der Waals surface area (Å²) in [6.07, 6.45) is 0.0196. The van der Waals surface area contributed by atoms with Gasteiger partial charge in [0, 0.05) is 12.6 Å². The van der Waals surface area contributed by atoms with Gasteiger partial charge in [-0.1, -0.05) is 30.3 Å². The highest BCUT2D eigenvalue weighted by Crippen LogP contribution is 2.19. The minimum absolute atomic E-state index is 0.0196. The lowest BCUT2D eigenvalue weighted by Gasteiger charge is -2.20. The number of rotatable bonds is 4. The fourth-order valence-electron chi connectivity index (χ4n) is 1.37. The van der Waals surface area contributed by atoms with Crippen molar-refractivity contribution in [2.75, 3.05) is 6.61 Å². The average Bonchev–Trinajstić information content (AvgIpc) is 2.15. The van der Waals surface area contributed by atoms with Gasteiger partial charge in [0.15, 0.2) is 0 Å². The lowest BCUT2D eigenvalue weighted by atomic mass is 10.0. The van der Waals surface area contributed by atoms with E-state index in [1.54, 1.807) is 0 Å². The van der Waals surface area contributed by atoms with Crippen LogP contribution in [0.2, 0.25) is 0 Å². The van der Waals surface area contributed by atoms with E-state index in [0.29, 0.717) is 6.61 Å². The Kier molecular flexibility index (Phi) is 3.93. The van der Waals surface area contributed by atoms with Crippen LogP contribution in [0.4, 0.5) is 0 Å². The van der Waals surface area contributed by atoms with Gasteiger partial charge < -0.3 is 10.5 Å². The molecule has 0 bridgehead atoms. The SMILES string of the molecule is CCOC(c1ccccc1)[C@H](C)N. The van der Waals surface area contributed by atoms with E-state index in [1.165, 1.54) is 0 Å². The number of benzene rings is 1. The minimum atomic E-state index is 0.0196. The van der Waals surface area contributed by atoms with Crippen molar-refractivity contribution in [3.8, 4) is 0 Å². The highest BCUT2D eigenvalue weighted by molar-refractivity contribution is 5.18. The molecular formula is C11H17NO. The fraction of sp³-hybridized carbons (Fsp3) is 0.455. The molecule has 0 saturated carbocycles. The van der Waals surface area contributed by atoms with Crippen LogP contribution in [-0.2, 0) is 4.74 Å². The van der Waals surface area contributed by atoms with E-state index < -0.39 is 0 Å². The molecule has 0 aliphatic rings. The number of nitrogens with two attached hydrogens (primary N) is 1. The van der Waals surface area contributed by atoms with Crippen molar-refractivity contribution in [3.05, 3.63) is 35.9 Å². The van der Waals surface area contributed by atoms with E-state index in [-0.39, 0.29) is 12.1 Å². The first-order chi connectivity index (χ1) is 6.25. The monoisotopic (exact) mass is 179 g/mol. The van der Waals surface area contributed by atoms with Crippen LogP contribution in [0.1, 0.15) is 25.5 Å². The van der Waals surface area contributed by atoms with Gasteiger partial charge in [0.05, 0.1) is 6.10 Å². The summed E-state index contributed by atoms with van der Waals surface area (Å²) < 4.78 is 5.56. The maximum Gasteiger partial charge on any atom is 0.0972 e. The molecule has 0 aliphatic carbocycles. The van der Waals surface area contributed by atoms with Gasteiger partial charge >= 0.3 is 0 Å². The molecule has 1 aromatic rings. The molecule has 2 nitrogen and oxygen atoms in total. The molecule has 72 valence electrons. The second-order valence-electron chi connectivity index (χ2n) is 3.15. The third kappa shape index (κ3) is 2.83. The Balaban J connectivity index is 2.76. The van der Waals surface area contributed by atoms with Crippen molar-refractivity contribution < 1.29 is 4.74 Å². The quantitative estimate of drug-likeness (QED) is 0.768.